The third-order valence-corrected chi connectivity index (χ3v) is 2.96. The van der Waals surface area contributed by atoms with Crippen molar-refractivity contribution in [2.75, 3.05) is 0 Å². The molecule has 4 heteroatoms. The Hall–Kier alpha value is -1.68. The third kappa shape index (κ3) is 1.51. The smallest absolute Gasteiger partial charge is 0.149 e. The van der Waals surface area contributed by atoms with Gasteiger partial charge in [-0.3, -0.25) is 0 Å². The van der Waals surface area contributed by atoms with Crippen molar-refractivity contribution >= 4 is 0 Å². The molecule has 0 bridgehead atoms. The molecule has 0 atom stereocenters. The van der Waals surface area contributed by atoms with Gasteiger partial charge in [-0.2, -0.15) is 0 Å². The number of aryl methyl sites for hydroxylation is 1. The quantitative estimate of drug-likeness (QED) is 0.800. The standard InChI is InChI=1S/C12H14N4/c1-8-7-10(9-3-2-6-14-9)16-11(15-8)12(13)4-5-12/h2-3,6-7,14H,4-5,13H2,1H3. The molecule has 3 rings (SSSR count). The largest absolute Gasteiger partial charge is 0.360 e. The Morgan fingerprint density at radius 2 is 2.19 bits per heavy atom. The fraction of sp³-hybridized carbons (Fsp3) is 0.333. The molecule has 1 fully saturated rings. The summed E-state index contributed by atoms with van der Waals surface area (Å²) >= 11 is 0. The fourth-order valence-electron chi connectivity index (χ4n) is 1.78. The van der Waals surface area contributed by atoms with Gasteiger partial charge in [-0.15, -0.1) is 0 Å². The monoisotopic (exact) mass is 214 g/mol. The molecule has 2 aromatic rings. The van der Waals surface area contributed by atoms with Crippen LogP contribution in [0.25, 0.3) is 11.4 Å². The van der Waals surface area contributed by atoms with Crippen LogP contribution in [0.5, 0.6) is 0 Å². The van der Waals surface area contributed by atoms with Gasteiger partial charge in [0.1, 0.15) is 5.82 Å². The molecule has 2 heterocycles. The van der Waals surface area contributed by atoms with E-state index in [4.69, 9.17) is 5.73 Å². The number of nitrogens with one attached hydrogen (secondary N) is 1. The first-order valence-electron chi connectivity index (χ1n) is 5.46. The van der Waals surface area contributed by atoms with Crippen molar-refractivity contribution in [3.63, 3.8) is 0 Å². The van der Waals surface area contributed by atoms with E-state index in [2.05, 4.69) is 15.0 Å². The number of nitrogens with two attached hydrogens (primary N) is 1. The van der Waals surface area contributed by atoms with Crippen molar-refractivity contribution in [1.82, 2.24) is 15.0 Å². The van der Waals surface area contributed by atoms with Crippen LogP contribution in [0.15, 0.2) is 24.4 Å². The number of hydrogen-bond acceptors (Lipinski definition) is 3. The summed E-state index contributed by atoms with van der Waals surface area (Å²) < 4.78 is 0. The van der Waals surface area contributed by atoms with Crippen LogP contribution in [0, 0.1) is 6.92 Å². The van der Waals surface area contributed by atoms with E-state index in [1.807, 2.05) is 31.3 Å². The lowest BCUT2D eigenvalue weighted by atomic mass is 10.2. The second-order valence-electron chi connectivity index (χ2n) is 4.46. The van der Waals surface area contributed by atoms with E-state index >= 15 is 0 Å². The Balaban J connectivity index is 2.10. The number of H-pyrrole nitrogens is 1. The average Bonchev–Trinajstić information content (AvgIpc) is 2.83. The highest BCUT2D eigenvalue weighted by molar-refractivity contribution is 5.54. The summed E-state index contributed by atoms with van der Waals surface area (Å²) in [4.78, 5) is 12.1. The summed E-state index contributed by atoms with van der Waals surface area (Å²) in [5.41, 5.74) is 8.75. The number of hydrogen-bond donors (Lipinski definition) is 2. The highest BCUT2D eigenvalue weighted by Gasteiger charge is 2.43. The molecule has 2 aromatic heterocycles. The lowest BCUT2D eigenvalue weighted by Gasteiger charge is -2.09. The van der Waals surface area contributed by atoms with Crippen molar-refractivity contribution in [2.45, 2.75) is 25.3 Å². The molecule has 16 heavy (non-hydrogen) atoms. The maximum atomic E-state index is 6.12. The Morgan fingerprint density at radius 1 is 1.38 bits per heavy atom. The molecular weight excluding hydrogens is 200 g/mol. The number of rotatable bonds is 2. The van der Waals surface area contributed by atoms with E-state index in [0.29, 0.717) is 0 Å². The Labute approximate surface area is 93.9 Å². The highest BCUT2D eigenvalue weighted by Crippen LogP contribution is 2.41. The Bertz CT molecular complexity index is 512. The van der Waals surface area contributed by atoms with Gasteiger partial charge in [0.25, 0.3) is 0 Å². The SMILES string of the molecule is Cc1cc(-c2ccc[nH]2)nc(C2(N)CC2)n1. The summed E-state index contributed by atoms with van der Waals surface area (Å²) in [6.45, 7) is 1.98. The van der Waals surface area contributed by atoms with Gasteiger partial charge >= 0.3 is 0 Å². The van der Waals surface area contributed by atoms with Crippen LogP contribution in [0.4, 0.5) is 0 Å². The van der Waals surface area contributed by atoms with Crippen LogP contribution < -0.4 is 5.73 Å². The van der Waals surface area contributed by atoms with Gasteiger partial charge in [0, 0.05) is 11.9 Å². The van der Waals surface area contributed by atoms with Gasteiger partial charge in [-0.1, -0.05) is 0 Å². The molecule has 0 aliphatic heterocycles. The predicted octanol–water partition coefficient (Wildman–Crippen LogP) is 1.73. The van der Waals surface area contributed by atoms with Gasteiger partial charge in [0.15, 0.2) is 0 Å². The lowest BCUT2D eigenvalue weighted by molar-refractivity contribution is 0.668. The van der Waals surface area contributed by atoms with E-state index in [9.17, 15) is 0 Å². The minimum absolute atomic E-state index is 0.270. The Morgan fingerprint density at radius 3 is 2.81 bits per heavy atom. The normalized spacial score (nSPS) is 17.4. The Kier molecular flexibility index (Phi) is 1.88. The number of nitrogens with zero attached hydrogens (tertiary/aromatic N) is 2. The highest BCUT2D eigenvalue weighted by atomic mass is 15.0. The summed E-state index contributed by atoms with van der Waals surface area (Å²) in [5.74, 6) is 0.775. The van der Waals surface area contributed by atoms with E-state index < -0.39 is 0 Å². The molecule has 82 valence electrons. The van der Waals surface area contributed by atoms with Gasteiger partial charge in [-0.25, -0.2) is 9.97 Å². The number of aromatic nitrogens is 3. The molecule has 0 spiro atoms. The first-order valence-corrected chi connectivity index (χ1v) is 5.46. The van der Waals surface area contributed by atoms with Gasteiger partial charge in [0.2, 0.25) is 0 Å². The van der Waals surface area contributed by atoms with Crippen molar-refractivity contribution in [1.29, 1.82) is 0 Å². The molecule has 0 amide bonds. The summed E-state index contributed by atoms with van der Waals surface area (Å²) in [6.07, 6.45) is 3.86. The zero-order chi connectivity index (χ0) is 11.2. The minimum atomic E-state index is -0.270. The van der Waals surface area contributed by atoms with E-state index in [1.54, 1.807) is 0 Å². The summed E-state index contributed by atoms with van der Waals surface area (Å²) in [5, 5.41) is 0. The fourth-order valence-corrected chi connectivity index (χ4v) is 1.78. The van der Waals surface area contributed by atoms with Crippen LogP contribution in [-0.4, -0.2) is 15.0 Å². The molecule has 0 radical (unpaired) electrons. The molecule has 4 nitrogen and oxygen atoms in total. The van der Waals surface area contributed by atoms with Crippen LogP contribution in [0.3, 0.4) is 0 Å². The van der Waals surface area contributed by atoms with Crippen molar-refractivity contribution in [3.05, 3.63) is 35.9 Å². The summed E-state index contributed by atoms with van der Waals surface area (Å²) in [7, 11) is 0. The molecular formula is C12H14N4. The zero-order valence-electron chi connectivity index (χ0n) is 9.20. The van der Waals surface area contributed by atoms with Crippen molar-refractivity contribution in [2.24, 2.45) is 5.73 Å². The number of aromatic amines is 1. The lowest BCUT2D eigenvalue weighted by Crippen LogP contribution is -2.22. The minimum Gasteiger partial charge on any atom is -0.360 e. The third-order valence-electron chi connectivity index (χ3n) is 2.96. The van der Waals surface area contributed by atoms with Crippen LogP contribution in [0.1, 0.15) is 24.4 Å². The predicted molar refractivity (Wildman–Crippen MR) is 61.7 cm³/mol. The topological polar surface area (TPSA) is 67.6 Å². The molecule has 3 N–H and O–H groups in total. The molecule has 1 aliphatic rings. The first-order chi connectivity index (χ1) is 7.67. The maximum absolute atomic E-state index is 6.12. The van der Waals surface area contributed by atoms with Crippen LogP contribution in [-0.2, 0) is 5.54 Å². The van der Waals surface area contributed by atoms with Crippen LogP contribution >= 0.6 is 0 Å². The van der Waals surface area contributed by atoms with Crippen LogP contribution in [0.2, 0.25) is 0 Å². The average molecular weight is 214 g/mol. The van der Waals surface area contributed by atoms with E-state index in [-0.39, 0.29) is 5.54 Å². The summed E-state index contributed by atoms with van der Waals surface area (Å²) in [6, 6.07) is 5.94. The van der Waals surface area contributed by atoms with Crippen molar-refractivity contribution in [3.8, 4) is 11.4 Å². The zero-order valence-corrected chi connectivity index (χ0v) is 9.20. The molecule has 0 saturated heterocycles. The van der Waals surface area contributed by atoms with Gasteiger partial charge in [0.05, 0.1) is 16.9 Å². The van der Waals surface area contributed by atoms with Crippen molar-refractivity contribution < 1.29 is 0 Å². The second kappa shape index (κ2) is 3.15. The van der Waals surface area contributed by atoms with E-state index in [0.717, 1.165) is 35.7 Å². The molecule has 0 aromatic carbocycles. The maximum Gasteiger partial charge on any atom is 0.149 e. The molecule has 1 aliphatic carbocycles. The van der Waals surface area contributed by atoms with E-state index in [1.165, 1.54) is 0 Å². The molecule has 0 unspecified atom stereocenters. The second-order valence-corrected chi connectivity index (χ2v) is 4.46. The van der Waals surface area contributed by atoms with Gasteiger partial charge in [-0.05, 0) is 38.0 Å². The molecule has 1 saturated carbocycles. The van der Waals surface area contributed by atoms with Gasteiger partial charge < -0.3 is 10.7 Å². The first kappa shape index (κ1) is 9.54.